The molecule has 1 unspecified atom stereocenters. The van der Waals surface area contributed by atoms with Crippen LogP contribution in [0.5, 0.6) is 0 Å². The van der Waals surface area contributed by atoms with Gasteiger partial charge in [-0.1, -0.05) is 0 Å². The summed E-state index contributed by atoms with van der Waals surface area (Å²) in [6.45, 7) is 3.82. The maximum atomic E-state index is 12.4. The molecule has 0 aromatic carbocycles. The Morgan fingerprint density at radius 3 is 3.00 bits per heavy atom. The SMILES string of the molecule is Cc1cc(-c2ncccc2NC(=O)C(C)n2cncn2)cs1. The summed E-state index contributed by atoms with van der Waals surface area (Å²) in [4.78, 5) is 21.8. The van der Waals surface area contributed by atoms with E-state index < -0.39 is 6.04 Å². The summed E-state index contributed by atoms with van der Waals surface area (Å²) in [5, 5.41) is 8.95. The van der Waals surface area contributed by atoms with Gasteiger partial charge in [0.15, 0.2) is 0 Å². The summed E-state index contributed by atoms with van der Waals surface area (Å²) < 4.78 is 1.51. The number of pyridine rings is 1. The number of amides is 1. The predicted octanol–water partition coefficient (Wildman–Crippen LogP) is 2.91. The van der Waals surface area contributed by atoms with Crippen molar-refractivity contribution in [2.75, 3.05) is 5.32 Å². The van der Waals surface area contributed by atoms with Gasteiger partial charge in [0.05, 0.1) is 11.4 Å². The van der Waals surface area contributed by atoms with Gasteiger partial charge < -0.3 is 5.32 Å². The number of hydrogen-bond donors (Lipinski definition) is 1. The molecule has 1 amide bonds. The second-order valence-electron chi connectivity index (χ2n) is 4.89. The van der Waals surface area contributed by atoms with Crippen LogP contribution >= 0.6 is 11.3 Å². The molecule has 112 valence electrons. The lowest BCUT2D eigenvalue weighted by Gasteiger charge is -2.13. The van der Waals surface area contributed by atoms with Crippen molar-refractivity contribution >= 4 is 22.9 Å². The second-order valence-corrected chi connectivity index (χ2v) is 6.00. The number of anilines is 1. The molecule has 6 nitrogen and oxygen atoms in total. The van der Waals surface area contributed by atoms with E-state index in [4.69, 9.17) is 0 Å². The van der Waals surface area contributed by atoms with E-state index in [9.17, 15) is 4.79 Å². The maximum absolute atomic E-state index is 12.4. The molecular formula is C15H15N5OS. The fourth-order valence-electron chi connectivity index (χ4n) is 2.08. The highest BCUT2D eigenvalue weighted by atomic mass is 32.1. The van der Waals surface area contributed by atoms with Crippen LogP contribution in [0.25, 0.3) is 11.3 Å². The average molecular weight is 313 g/mol. The van der Waals surface area contributed by atoms with Crippen LogP contribution in [0.1, 0.15) is 17.8 Å². The van der Waals surface area contributed by atoms with E-state index in [1.807, 2.05) is 18.4 Å². The summed E-state index contributed by atoms with van der Waals surface area (Å²) in [5.41, 5.74) is 2.47. The van der Waals surface area contributed by atoms with E-state index in [0.717, 1.165) is 11.3 Å². The summed E-state index contributed by atoms with van der Waals surface area (Å²) in [7, 11) is 0. The largest absolute Gasteiger partial charge is 0.322 e. The van der Waals surface area contributed by atoms with Crippen LogP contribution in [0.3, 0.4) is 0 Å². The van der Waals surface area contributed by atoms with Crippen molar-refractivity contribution in [3.8, 4) is 11.3 Å². The van der Waals surface area contributed by atoms with E-state index in [2.05, 4.69) is 26.4 Å². The molecule has 3 aromatic heterocycles. The molecule has 7 heteroatoms. The highest BCUT2D eigenvalue weighted by Gasteiger charge is 2.17. The highest BCUT2D eigenvalue weighted by Crippen LogP contribution is 2.29. The number of thiophene rings is 1. The van der Waals surface area contributed by atoms with Gasteiger partial charge in [-0.2, -0.15) is 5.10 Å². The first kappa shape index (κ1) is 14.4. The van der Waals surface area contributed by atoms with Crippen LogP contribution in [-0.2, 0) is 4.79 Å². The minimum atomic E-state index is -0.445. The van der Waals surface area contributed by atoms with Crippen molar-refractivity contribution in [1.29, 1.82) is 0 Å². The Morgan fingerprint density at radius 2 is 2.32 bits per heavy atom. The summed E-state index contributed by atoms with van der Waals surface area (Å²) in [6, 6.07) is 5.27. The Labute approximate surface area is 131 Å². The first-order valence-electron chi connectivity index (χ1n) is 6.80. The van der Waals surface area contributed by atoms with Gasteiger partial charge in [0.1, 0.15) is 18.7 Å². The molecule has 0 saturated carbocycles. The van der Waals surface area contributed by atoms with Gasteiger partial charge in [0, 0.05) is 22.0 Å². The van der Waals surface area contributed by atoms with Gasteiger partial charge in [0.25, 0.3) is 0 Å². The van der Waals surface area contributed by atoms with Crippen LogP contribution in [-0.4, -0.2) is 25.7 Å². The first-order chi connectivity index (χ1) is 10.6. The molecule has 0 aliphatic carbocycles. The Morgan fingerprint density at radius 1 is 1.45 bits per heavy atom. The summed E-state index contributed by atoms with van der Waals surface area (Å²) in [6.07, 6.45) is 4.66. The maximum Gasteiger partial charge on any atom is 0.249 e. The van der Waals surface area contributed by atoms with Gasteiger partial charge in [-0.15, -0.1) is 11.3 Å². The zero-order chi connectivity index (χ0) is 15.5. The monoisotopic (exact) mass is 313 g/mol. The van der Waals surface area contributed by atoms with Crippen molar-refractivity contribution in [1.82, 2.24) is 19.7 Å². The lowest BCUT2D eigenvalue weighted by molar-refractivity contribution is -0.119. The Kier molecular flexibility index (Phi) is 3.97. The molecule has 0 spiro atoms. The predicted molar refractivity (Wildman–Crippen MR) is 85.6 cm³/mol. The van der Waals surface area contributed by atoms with Crippen LogP contribution in [0, 0.1) is 6.92 Å². The van der Waals surface area contributed by atoms with Gasteiger partial charge in [-0.3, -0.25) is 9.78 Å². The molecule has 3 aromatic rings. The van der Waals surface area contributed by atoms with Crippen LogP contribution in [0.2, 0.25) is 0 Å². The zero-order valence-corrected chi connectivity index (χ0v) is 13.0. The number of aryl methyl sites for hydroxylation is 1. The van der Waals surface area contributed by atoms with Crippen LogP contribution in [0.15, 0.2) is 42.4 Å². The van der Waals surface area contributed by atoms with E-state index in [-0.39, 0.29) is 5.91 Å². The molecule has 0 radical (unpaired) electrons. The van der Waals surface area contributed by atoms with Crippen LogP contribution in [0.4, 0.5) is 5.69 Å². The third-order valence-corrected chi connectivity index (χ3v) is 4.14. The molecule has 0 fully saturated rings. The molecule has 0 bridgehead atoms. The van der Waals surface area contributed by atoms with Crippen molar-refractivity contribution < 1.29 is 4.79 Å². The summed E-state index contributed by atoms with van der Waals surface area (Å²) in [5.74, 6) is -0.160. The number of nitrogens with zero attached hydrogens (tertiary/aromatic N) is 4. The fourth-order valence-corrected chi connectivity index (χ4v) is 2.77. The number of aromatic nitrogens is 4. The molecule has 0 saturated heterocycles. The number of carbonyl (C=O) groups is 1. The minimum Gasteiger partial charge on any atom is -0.322 e. The minimum absolute atomic E-state index is 0.160. The van der Waals surface area contributed by atoms with E-state index in [1.165, 1.54) is 22.2 Å². The molecule has 1 N–H and O–H groups in total. The van der Waals surface area contributed by atoms with Crippen molar-refractivity contribution in [2.45, 2.75) is 19.9 Å². The summed E-state index contributed by atoms with van der Waals surface area (Å²) >= 11 is 1.66. The molecule has 0 aliphatic rings. The third-order valence-electron chi connectivity index (χ3n) is 3.28. The first-order valence-corrected chi connectivity index (χ1v) is 7.68. The Bertz CT molecular complexity index is 781. The Balaban J connectivity index is 1.85. The molecular weight excluding hydrogens is 298 g/mol. The Hall–Kier alpha value is -2.54. The third kappa shape index (κ3) is 2.89. The number of hydrogen-bond acceptors (Lipinski definition) is 5. The fraction of sp³-hybridized carbons (Fsp3) is 0.200. The van der Waals surface area contributed by atoms with E-state index >= 15 is 0 Å². The van der Waals surface area contributed by atoms with Gasteiger partial charge >= 0.3 is 0 Å². The number of nitrogens with one attached hydrogen (secondary N) is 1. The standard InChI is InChI=1S/C15H15N5OS/c1-10-6-12(7-22-10)14-13(4-3-5-17-14)19-15(21)11(2)20-9-16-8-18-20/h3-9,11H,1-2H3,(H,19,21). The second kappa shape index (κ2) is 6.07. The lowest BCUT2D eigenvalue weighted by Crippen LogP contribution is -2.24. The van der Waals surface area contributed by atoms with E-state index in [0.29, 0.717) is 5.69 Å². The van der Waals surface area contributed by atoms with Gasteiger partial charge in [-0.25, -0.2) is 9.67 Å². The topological polar surface area (TPSA) is 72.7 Å². The van der Waals surface area contributed by atoms with Crippen molar-refractivity contribution in [2.24, 2.45) is 0 Å². The molecule has 22 heavy (non-hydrogen) atoms. The highest BCUT2D eigenvalue weighted by molar-refractivity contribution is 7.10. The zero-order valence-electron chi connectivity index (χ0n) is 12.2. The van der Waals surface area contributed by atoms with Crippen molar-refractivity contribution in [3.05, 3.63) is 47.3 Å². The quantitative estimate of drug-likeness (QED) is 0.804. The molecule has 3 rings (SSSR count). The van der Waals surface area contributed by atoms with Crippen molar-refractivity contribution in [3.63, 3.8) is 0 Å². The van der Waals surface area contributed by atoms with E-state index in [1.54, 1.807) is 30.5 Å². The molecule has 3 heterocycles. The lowest BCUT2D eigenvalue weighted by atomic mass is 10.1. The smallest absolute Gasteiger partial charge is 0.249 e. The number of carbonyl (C=O) groups excluding carboxylic acids is 1. The normalized spacial score (nSPS) is 12.1. The van der Waals surface area contributed by atoms with Crippen LogP contribution < -0.4 is 5.32 Å². The van der Waals surface area contributed by atoms with Gasteiger partial charge in [0.2, 0.25) is 5.91 Å². The number of rotatable bonds is 4. The molecule has 1 atom stereocenters. The molecule has 0 aliphatic heterocycles. The van der Waals surface area contributed by atoms with Gasteiger partial charge in [-0.05, 0) is 32.0 Å². The average Bonchev–Trinajstić information content (AvgIpc) is 3.18.